The van der Waals surface area contributed by atoms with Gasteiger partial charge in [0.1, 0.15) is 18.5 Å². The zero-order valence-electron chi connectivity index (χ0n) is 18.2. The monoisotopic (exact) mass is 397 g/mol. The number of ether oxygens (including phenoxy) is 1. The van der Waals surface area contributed by atoms with Crippen molar-refractivity contribution in [3.8, 4) is 5.75 Å². The van der Waals surface area contributed by atoms with E-state index in [9.17, 15) is 5.11 Å². The molecule has 0 amide bonds. The molecule has 0 spiro atoms. The van der Waals surface area contributed by atoms with Gasteiger partial charge >= 0.3 is 0 Å². The summed E-state index contributed by atoms with van der Waals surface area (Å²) in [5.74, 6) is 3.84. The van der Waals surface area contributed by atoms with Crippen molar-refractivity contribution < 1.29 is 9.84 Å². The second-order valence-electron chi connectivity index (χ2n) is 10.9. The predicted molar refractivity (Wildman–Crippen MR) is 117 cm³/mol. The van der Waals surface area contributed by atoms with E-state index in [1.54, 1.807) is 5.56 Å². The van der Waals surface area contributed by atoms with Crippen molar-refractivity contribution >= 4 is 0 Å². The van der Waals surface area contributed by atoms with Crippen LogP contribution in [0.4, 0.5) is 0 Å². The molecule has 5 fully saturated rings. The first-order chi connectivity index (χ1) is 14.1. The average molecular weight is 398 g/mol. The van der Waals surface area contributed by atoms with E-state index in [1.165, 1.54) is 70.6 Å². The molecule has 160 valence electrons. The third kappa shape index (κ3) is 4.23. The molecule has 1 atom stereocenters. The van der Waals surface area contributed by atoms with Crippen LogP contribution in [0.3, 0.4) is 0 Å². The molecule has 5 saturated carbocycles. The lowest BCUT2D eigenvalue weighted by molar-refractivity contribution is -0.00522. The molecule has 0 radical (unpaired) electrons. The number of nitrogens with zero attached hydrogens (tertiary/aromatic N) is 1. The Morgan fingerprint density at radius 1 is 0.966 bits per heavy atom. The maximum atomic E-state index is 10.5. The van der Waals surface area contributed by atoms with Gasteiger partial charge < -0.3 is 14.7 Å². The summed E-state index contributed by atoms with van der Waals surface area (Å²) in [6.07, 6.45) is 14.9. The van der Waals surface area contributed by atoms with Gasteiger partial charge in [-0.25, -0.2) is 0 Å². The number of rotatable bonds is 7. The van der Waals surface area contributed by atoms with Gasteiger partial charge in [0.2, 0.25) is 0 Å². The van der Waals surface area contributed by atoms with E-state index < -0.39 is 6.10 Å². The molecule has 5 aliphatic carbocycles. The van der Waals surface area contributed by atoms with E-state index in [-0.39, 0.29) is 0 Å². The first-order valence-electron chi connectivity index (χ1n) is 12.2. The normalized spacial score (nSPS) is 35.2. The van der Waals surface area contributed by atoms with Crippen LogP contribution in [0.2, 0.25) is 0 Å². The number of aliphatic hydroxyl groups excluding tert-OH is 1. The molecule has 4 bridgehead atoms. The molecule has 1 aromatic carbocycles. The molecule has 0 saturated heterocycles. The molecule has 0 aromatic heterocycles. The topological polar surface area (TPSA) is 32.7 Å². The summed E-state index contributed by atoms with van der Waals surface area (Å²) < 4.78 is 5.95. The minimum absolute atomic E-state index is 0.383. The van der Waals surface area contributed by atoms with Gasteiger partial charge in [0.05, 0.1) is 0 Å². The van der Waals surface area contributed by atoms with Crippen LogP contribution in [0.15, 0.2) is 24.3 Å². The van der Waals surface area contributed by atoms with Gasteiger partial charge in [-0.3, -0.25) is 0 Å². The van der Waals surface area contributed by atoms with E-state index in [0.717, 1.165) is 23.5 Å². The smallest absolute Gasteiger partial charge is 0.119 e. The Labute approximate surface area is 176 Å². The molecule has 6 rings (SSSR count). The summed E-state index contributed by atoms with van der Waals surface area (Å²) in [7, 11) is 2.15. The number of hydrogen-bond donors (Lipinski definition) is 1. The Kier molecular flexibility index (Phi) is 5.64. The number of benzene rings is 1. The summed E-state index contributed by atoms with van der Waals surface area (Å²) in [5.41, 5.74) is 2.00. The van der Waals surface area contributed by atoms with Crippen LogP contribution in [0.5, 0.6) is 5.75 Å². The SMILES string of the molecule is CN(C[C@@H](O)COc1ccc(C23CC4CC(CC(C4)C2)C3)cc1)C1CCCCC1. The first-order valence-corrected chi connectivity index (χ1v) is 12.2. The van der Waals surface area contributed by atoms with Crippen molar-refractivity contribution in [1.29, 1.82) is 0 Å². The van der Waals surface area contributed by atoms with Crippen molar-refractivity contribution in [3.05, 3.63) is 29.8 Å². The van der Waals surface area contributed by atoms with Crippen molar-refractivity contribution in [2.24, 2.45) is 17.8 Å². The Bertz CT molecular complexity index is 643. The molecule has 1 N–H and O–H groups in total. The van der Waals surface area contributed by atoms with Crippen LogP contribution < -0.4 is 4.74 Å². The third-order valence-electron chi connectivity index (χ3n) is 8.64. The quantitative estimate of drug-likeness (QED) is 0.690. The molecule has 0 heterocycles. The first kappa shape index (κ1) is 19.9. The fourth-order valence-electron chi connectivity index (χ4n) is 7.62. The lowest BCUT2D eigenvalue weighted by atomic mass is 9.48. The van der Waals surface area contributed by atoms with Gasteiger partial charge in [0.25, 0.3) is 0 Å². The average Bonchev–Trinajstić information content (AvgIpc) is 2.72. The second kappa shape index (κ2) is 8.23. The fraction of sp³-hybridized carbons (Fsp3) is 0.769. The third-order valence-corrected chi connectivity index (χ3v) is 8.64. The van der Waals surface area contributed by atoms with Crippen molar-refractivity contribution in [2.75, 3.05) is 20.2 Å². The van der Waals surface area contributed by atoms with Crippen molar-refractivity contribution in [2.45, 2.75) is 88.2 Å². The molecule has 5 aliphatic rings. The predicted octanol–water partition coefficient (Wildman–Crippen LogP) is 5.16. The van der Waals surface area contributed by atoms with Crippen LogP contribution in [-0.4, -0.2) is 42.4 Å². The van der Waals surface area contributed by atoms with Crippen molar-refractivity contribution in [1.82, 2.24) is 4.90 Å². The maximum absolute atomic E-state index is 10.5. The molecular weight excluding hydrogens is 358 g/mol. The van der Waals surface area contributed by atoms with E-state index >= 15 is 0 Å². The van der Waals surface area contributed by atoms with Crippen LogP contribution >= 0.6 is 0 Å². The highest BCUT2D eigenvalue weighted by Gasteiger charge is 2.51. The summed E-state index contributed by atoms with van der Waals surface area (Å²) >= 11 is 0. The van der Waals surface area contributed by atoms with Crippen LogP contribution in [0.25, 0.3) is 0 Å². The van der Waals surface area contributed by atoms with Gasteiger partial charge in [0.15, 0.2) is 0 Å². The molecule has 29 heavy (non-hydrogen) atoms. The molecule has 3 heteroatoms. The highest BCUT2D eigenvalue weighted by molar-refractivity contribution is 5.34. The van der Waals surface area contributed by atoms with Gasteiger partial charge in [0, 0.05) is 12.6 Å². The summed E-state index contributed by atoms with van der Waals surface area (Å²) in [5, 5.41) is 10.5. The van der Waals surface area contributed by atoms with Crippen molar-refractivity contribution in [3.63, 3.8) is 0 Å². The molecule has 3 nitrogen and oxygen atoms in total. The van der Waals surface area contributed by atoms with Gasteiger partial charge in [-0.1, -0.05) is 31.4 Å². The summed E-state index contributed by atoms with van der Waals surface area (Å²) in [6.45, 7) is 1.09. The van der Waals surface area contributed by atoms with Gasteiger partial charge in [-0.15, -0.1) is 0 Å². The lowest BCUT2D eigenvalue weighted by Gasteiger charge is -2.57. The number of aliphatic hydroxyl groups is 1. The summed E-state index contributed by atoms with van der Waals surface area (Å²) in [6, 6.07) is 9.57. The lowest BCUT2D eigenvalue weighted by Crippen LogP contribution is -2.48. The van der Waals surface area contributed by atoms with Gasteiger partial charge in [-0.2, -0.15) is 0 Å². The number of hydrogen-bond acceptors (Lipinski definition) is 3. The van der Waals surface area contributed by atoms with E-state index in [2.05, 4.69) is 36.2 Å². The Morgan fingerprint density at radius 3 is 2.14 bits per heavy atom. The largest absolute Gasteiger partial charge is 0.491 e. The minimum atomic E-state index is -0.426. The van der Waals surface area contributed by atoms with E-state index in [0.29, 0.717) is 24.6 Å². The minimum Gasteiger partial charge on any atom is -0.491 e. The molecular formula is C26H39NO2. The Morgan fingerprint density at radius 2 is 1.55 bits per heavy atom. The van der Waals surface area contributed by atoms with E-state index in [4.69, 9.17) is 4.74 Å². The van der Waals surface area contributed by atoms with Gasteiger partial charge in [-0.05, 0) is 99.3 Å². The summed E-state index contributed by atoms with van der Waals surface area (Å²) in [4.78, 5) is 2.34. The molecule has 0 unspecified atom stereocenters. The standard InChI is InChI=1S/C26H39NO2/c1-27(23-5-3-2-4-6-23)17-24(28)18-29-25-9-7-22(8-10-25)26-14-19-11-20(15-26)13-21(12-19)16-26/h7-10,19-21,23-24,28H,2-6,11-18H2,1H3/t19?,20?,21?,24-,26?/m1/s1. The Balaban J connectivity index is 1.14. The zero-order valence-corrected chi connectivity index (χ0v) is 18.2. The second-order valence-corrected chi connectivity index (χ2v) is 10.9. The fourth-order valence-corrected chi connectivity index (χ4v) is 7.62. The Hall–Kier alpha value is -1.06. The number of likely N-dealkylation sites (N-methyl/N-ethyl adjacent to an activating group) is 1. The highest BCUT2D eigenvalue weighted by atomic mass is 16.5. The van der Waals surface area contributed by atoms with E-state index in [1.807, 2.05) is 0 Å². The van der Waals surface area contributed by atoms with Crippen LogP contribution in [0, 0.1) is 17.8 Å². The zero-order chi connectivity index (χ0) is 19.8. The molecule has 1 aromatic rings. The maximum Gasteiger partial charge on any atom is 0.119 e. The molecule has 0 aliphatic heterocycles. The van der Waals surface area contributed by atoms with Crippen LogP contribution in [-0.2, 0) is 5.41 Å². The van der Waals surface area contributed by atoms with Crippen LogP contribution in [0.1, 0.15) is 76.2 Å². The highest BCUT2D eigenvalue weighted by Crippen LogP contribution is 2.60.